The van der Waals surface area contributed by atoms with Crippen LogP contribution in [0.2, 0.25) is 0 Å². The van der Waals surface area contributed by atoms with Gasteiger partial charge >= 0.3 is 6.03 Å². The number of urea groups is 1. The number of carbonyl (C=O) groups is 1. The number of anilines is 3. The molecule has 13 nitrogen and oxygen atoms in total. The molecule has 3 atom stereocenters. The first-order chi connectivity index (χ1) is 29.0. The molecular formula is C45H61F2N7O6. The molecule has 3 aromatic carbocycles. The number of hydrogen-bond acceptors (Lipinski definition) is 10. The van der Waals surface area contributed by atoms with Gasteiger partial charge in [0.2, 0.25) is 0 Å². The number of aliphatic hydroxyl groups is 2. The van der Waals surface area contributed by atoms with Crippen LogP contribution in [0, 0.1) is 11.6 Å². The van der Waals surface area contributed by atoms with Crippen molar-refractivity contribution >= 4 is 23.1 Å². The summed E-state index contributed by atoms with van der Waals surface area (Å²) in [5, 5.41) is 23.9. The first-order valence-electron chi connectivity index (χ1n) is 21.3. The van der Waals surface area contributed by atoms with E-state index in [1.54, 1.807) is 9.80 Å². The third-order valence-corrected chi connectivity index (χ3v) is 11.3. The highest BCUT2D eigenvalue weighted by Crippen LogP contribution is 2.38. The highest BCUT2D eigenvalue weighted by molar-refractivity contribution is 5.95. The number of nitrogens with zero attached hydrogens (tertiary/aromatic N) is 7. The molecule has 0 saturated carbocycles. The molecule has 4 aromatic rings. The predicted octanol–water partition coefficient (Wildman–Crippen LogP) is 7.32. The molecule has 2 amide bonds. The Labute approximate surface area is 352 Å². The van der Waals surface area contributed by atoms with E-state index in [2.05, 4.69) is 45.9 Å². The number of aromatic nitrogens is 3. The van der Waals surface area contributed by atoms with Crippen LogP contribution in [-0.4, -0.2) is 107 Å². The Bertz CT molecular complexity index is 1930. The second kappa shape index (κ2) is 20.6. The van der Waals surface area contributed by atoms with E-state index in [-0.39, 0.29) is 43.9 Å². The summed E-state index contributed by atoms with van der Waals surface area (Å²) in [6, 6.07) is 19.1. The van der Waals surface area contributed by atoms with E-state index in [9.17, 15) is 18.7 Å². The standard InChI is InChI=1S/C40H49F2N7O5.C5H12O/c1-4-5-6-17-40(51)25-48(38(50)49(40)29(2)3)33-10-8-31(9-11-33)45-18-20-46(21-19-45)32-12-14-34(15-13-32)52-23-37-53-26-39(54-37,24-47-28-43-27-44-47)35-16-7-30(41)22-36(35)42;1-2-3-4-5-6/h7-16,22,27-29,37,51H,4-6,17-21,23-26H2,1-3H3;6H,2-5H2,1H3/t37-,39+,40?;/m0./s1. The summed E-state index contributed by atoms with van der Waals surface area (Å²) in [6.45, 7) is 12.3. The number of rotatable bonds is 17. The Hall–Kier alpha value is -4.83. The summed E-state index contributed by atoms with van der Waals surface area (Å²) in [6.07, 6.45) is 8.95. The maximum absolute atomic E-state index is 14.9. The van der Waals surface area contributed by atoms with E-state index in [4.69, 9.17) is 19.3 Å². The number of hydrogen-bond donors (Lipinski definition) is 2. The van der Waals surface area contributed by atoms with Gasteiger partial charge in [0.05, 0.1) is 19.7 Å². The zero-order valence-electron chi connectivity index (χ0n) is 35.4. The van der Waals surface area contributed by atoms with Crippen LogP contribution < -0.4 is 19.4 Å². The van der Waals surface area contributed by atoms with Crippen LogP contribution >= 0.6 is 0 Å². The van der Waals surface area contributed by atoms with Crippen molar-refractivity contribution in [1.29, 1.82) is 0 Å². The van der Waals surface area contributed by atoms with Crippen LogP contribution in [0.25, 0.3) is 0 Å². The summed E-state index contributed by atoms with van der Waals surface area (Å²) in [4.78, 5) is 25.4. The number of ether oxygens (including phenoxy) is 3. The van der Waals surface area contributed by atoms with E-state index in [1.807, 2.05) is 50.2 Å². The lowest BCUT2D eigenvalue weighted by atomic mass is 9.94. The molecule has 2 N–H and O–H groups in total. The summed E-state index contributed by atoms with van der Waals surface area (Å²) >= 11 is 0. The first kappa shape index (κ1) is 44.7. The smallest absolute Gasteiger partial charge is 0.327 e. The van der Waals surface area contributed by atoms with E-state index in [0.29, 0.717) is 18.8 Å². The average Bonchev–Trinajstić information content (AvgIpc) is 3.98. The van der Waals surface area contributed by atoms with Crippen LogP contribution in [0.3, 0.4) is 0 Å². The second-order valence-corrected chi connectivity index (χ2v) is 16.1. The molecule has 4 heterocycles. The minimum absolute atomic E-state index is 0.0250. The Morgan fingerprint density at radius 1 is 0.883 bits per heavy atom. The molecule has 0 bridgehead atoms. The summed E-state index contributed by atoms with van der Waals surface area (Å²) < 4.78 is 48.4. The normalized spacial score (nSPS) is 21.8. The predicted molar refractivity (Wildman–Crippen MR) is 227 cm³/mol. The minimum Gasteiger partial charge on any atom is -0.488 e. The van der Waals surface area contributed by atoms with Gasteiger partial charge in [-0.25, -0.2) is 23.2 Å². The molecule has 1 unspecified atom stereocenters. The second-order valence-electron chi connectivity index (χ2n) is 16.1. The highest BCUT2D eigenvalue weighted by Gasteiger charge is 2.50. The summed E-state index contributed by atoms with van der Waals surface area (Å²) in [7, 11) is 0. The Kier molecular flexibility index (Phi) is 15.4. The molecule has 0 radical (unpaired) electrons. The average molecular weight is 834 g/mol. The molecule has 3 aliphatic rings. The maximum Gasteiger partial charge on any atom is 0.327 e. The Morgan fingerprint density at radius 3 is 2.08 bits per heavy atom. The SMILES string of the molecule is CCCCCC1(O)CN(c2ccc(N3CCN(c4ccc(OC[C@H]5OC[C@](Cn6cncn6)(c6ccc(F)cc6F)O5)cc4)CC3)cc2)C(=O)N1C(C)C.CCCCCO. The number of unbranched alkanes of at least 4 members (excludes halogenated alkanes) is 4. The summed E-state index contributed by atoms with van der Waals surface area (Å²) in [5.41, 5.74) is 0.734. The van der Waals surface area contributed by atoms with E-state index in [0.717, 1.165) is 81.4 Å². The van der Waals surface area contributed by atoms with Crippen molar-refractivity contribution < 1.29 is 38.0 Å². The van der Waals surface area contributed by atoms with Crippen LogP contribution in [0.4, 0.5) is 30.6 Å². The van der Waals surface area contributed by atoms with Crippen LogP contribution in [0.1, 0.15) is 78.2 Å². The molecule has 0 aliphatic carbocycles. The van der Waals surface area contributed by atoms with Crippen LogP contribution in [0.5, 0.6) is 5.75 Å². The molecule has 326 valence electrons. The van der Waals surface area contributed by atoms with Crippen molar-refractivity contribution in [3.8, 4) is 5.75 Å². The van der Waals surface area contributed by atoms with Gasteiger partial charge in [0.1, 0.15) is 42.2 Å². The lowest BCUT2D eigenvalue weighted by molar-refractivity contribution is -0.117. The molecule has 3 saturated heterocycles. The molecule has 1 aromatic heterocycles. The van der Waals surface area contributed by atoms with Gasteiger partial charge in [0, 0.05) is 67.5 Å². The number of piperazine rings is 1. The minimum atomic E-state index is -1.24. The topological polar surface area (TPSA) is 129 Å². The fourth-order valence-corrected chi connectivity index (χ4v) is 8.19. The van der Waals surface area contributed by atoms with Gasteiger partial charge in [0.25, 0.3) is 0 Å². The van der Waals surface area contributed by atoms with Gasteiger partial charge < -0.3 is 34.2 Å². The number of aliphatic hydroxyl groups excluding tert-OH is 1. The van der Waals surface area contributed by atoms with Crippen molar-refractivity contribution in [2.75, 3.05) is 67.2 Å². The third-order valence-electron chi connectivity index (χ3n) is 11.3. The van der Waals surface area contributed by atoms with Crippen molar-refractivity contribution in [2.45, 2.75) is 103 Å². The molecule has 15 heteroatoms. The summed E-state index contributed by atoms with van der Waals surface area (Å²) in [5.74, 6) is -0.764. The maximum atomic E-state index is 14.9. The van der Waals surface area contributed by atoms with Gasteiger partial charge in [-0.3, -0.25) is 9.80 Å². The quantitative estimate of drug-likeness (QED) is 0.105. The monoisotopic (exact) mass is 833 g/mol. The molecule has 3 fully saturated rings. The number of β-amino-alcohol motifs (C(OH)–C–C–N with tert-alkyl or cyclic N) is 1. The van der Waals surface area contributed by atoms with Gasteiger partial charge in [0.15, 0.2) is 12.0 Å². The van der Waals surface area contributed by atoms with Gasteiger partial charge in [-0.05, 0) is 87.7 Å². The third kappa shape index (κ3) is 10.7. The Balaban J connectivity index is 0.000000937. The first-order valence-corrected chi connectivity index (χ1v) is 21.3. The van der Waals surface area contributed by atoms with Gasteiger partial charge in [-0.15, -0.1) is 0 Å². The fraction of sp³-hybridized carbons (Fsp3) is 0.533. The van der Waals surface area contributed by atoms with Crippen molar-refractivity contribution in [3.05, 3.63) is 96.6 Å². The van der Waals surface area contributed by atoms with E-state index >= 15 is 0 Å². The highest BCUT2D eigenvalue weighted by atomic mass is 19.1. The van der Waals surface area contributed by atoms with E-state index < -0.39 is 29.3 Å². The zero-order chi connectivity index (χ0) is 42.7. The van der Waals surface area contributed by atoms with Crippen molar-refractivity contribution in [3.63, 3.8) is 0 Å². The molecule has 3 aliphatic heterocycles. The Morgan fingerprint density at radius 2 is 1.52 bits per heavy atom. The zero-order valence-corrected chi connectivity index (χ0v) is 35.4. The number of amides is 2. The van der Waals surface area contributed by atoms with Crippen molar-refractivity contribution in [1.82, 2.24) is 19.7 Å². The number of halogens is 2. The largest absolute Gasteiger partial charge is 0.488 e. The number of carbonyl (C=O) groups excluding carboxylic acids is 1. The van der Waals surface area contributed by atoms with Crippen LogP contribution in [-0.2, 0) is 21.6 Å². The molecule has 7 rings (SSSR count). The lowest BCUT2D eigenvalue weighted by Crippen LogP contribution is -2.50. The van der Waals surface area contributed by atoms with Gasteiger partial charge in [-0.2, -0.15) is 5.10 Å². The molecular weight excluding hydrogens is 773 g/mol. The lowest BCUT2D eigenvalue weighted by Gasteiger charge is -2.37. The fourth-order valence-electron chi connectivity index (χ4n) is 8.19. The molecule has 60 heavy (non-hydrogen) atoms. The van der Waals surface area contributed by atoms with Crippen LogP contribution in [0.15, 0.2) is 79.4 Å². The van der Waals surface area contributed by atoms with Crippen molar-refractivity contribution in [2.24, 2.45) is 0 Å². The van der Waals surface area contributed by atoms with E-state index in [1.165, 1.54) is 35.9 Å². The number of benzene rings is 3. The van der Waals surface area contributed by atoms with Gasteiger partial charge in [-0.1, -0.05) is 45.6 Å². The molecule has 0 spiro atoms.